The summed E-state index contributed by atoms with van der Waals surface area (Å²) < 4.78 is 0.918. The van der Waals surface area contributed by atoms with Crippen molar-refractivity contribution in [3.63, 3.8) is 0 Å². The molecular formula is C13H9ClS3. The molecule has 17 heavy (non-hydrogen) atoms. The number of benzene rings is 1. The largest absolute Gasteiger partial charge is 0.110 e. The minimum atomic E-state index is 0.738. The predicted octanol–water partition coefficient (Wildman–Crippen LogP) is 6.06. The SMILES string of the molecule is C=CC=Cc1ssc(=S)c1-c1ccc(Cl)cc1. The number of rotatable bonds is 3. The van der Waals surface area contributed by atoms with E-state index in [1.54, 1.807) is 26.8 Å². The third-order valence-corrected chi connectivity index (χ3v) is 5.44. The Balaban J connectivity index is 2.54. The summed E-state index contributed by atoms with van der Waals surface area (Å²) in [4.78, 5) is 1.17. The van der Waals surface area contributed by atoms with Gasteiger partial charge in [0.15, 0.2) is 0 Å². The van der Waals surface area contributed by atoms with Crippen molar-refractivity contribution in [2.75, 3.05) is 0 Å². The summed E-state index contributed by atoms with van der Waals surface area (Å²) in [5.41, 5.74) is 2.23. The summed E-state index contributed by atoms with van der Waals surface area (Å²) in [7, 11) is 3.30. The van der Waals surface area contributed by atoms with Crippen LogP contribution >= 0.6 is 44.5 Å². The fourth-order valence-corrected chi connectivity index (χ4v) is 4.28. The van der Waals surface area contributed by atoms with Crippen LogP contribution in [0.3, 0.4) is 0 Å². The van der Waals surface area contributed by atoms with Crippen molar-refractivity contribution in [3.8, 4) is 11.1 Å². The van der Waals surface area contributed by atoms with Gasteiger partial charge in [-0.05, 0) is 23.8 Å². The van der Waals surface area contributed by atoms with E-state index in [9.17, 15) is 0 Å². The molecule has 2 rings (SSSR count). The first-order valence-corrected chi connectivity index (χ1v) is 7.84. The molecule has 0 aliphatic heterocycles. The Kier molecular flexibility index (Phi) is 4.29. The van der Waals surface area contributed by atoms with Crippen molar-refractivity contribution < 1.29 is 0 Å². The molecule has 4 heteroatoms. The standard InChI is InChI=1S/C13H9ClS3/c1-2-3-4-11-12(13(15)17-16-11)9-5-7-10(14)8-6-9/h2-8H,1H2. The van der Waals surface area contributed by atoms with Crippen molar-refractivity contribution in [2.45, 2.75) is 0 Å². The molecule has 0 radical (unpaired) electrons. The van der Waals surface area contributed by atoms with Gasteiger partial charge in [0.1, 0.15) is 3.82 Å². The quantitative estimate of drug-likeness (QED) is 0.377. The molecule has 86 valence electrons. The van der Waals surface area contributed by atoms with Crippen LogP contribution in [-0.2, 0) is 0 Å². The second-order valence-corrected chi connectivity index (χ2v) is 6.58. The lowest BCUT2D eigenvalue weighted by Crippen LogP contribution is -1.77. The highest BCUT2D eigenvalue weighted by atomic mass is 35.5. The van der Waals surface area contributed by atoms with Crippen LogP contribution in [0, 0.1) is 3.82 Å². The van der Waals surface area contributed by atoms with Gasteiger partial charge in [-0.25, -0.2) is 0 Å². The summed E-state index contributed by atoms with van der Waals surface area (Å²) in [6.07, 6.45) is 5.72. The van der Waals surface area contributed by atoms with E-state index in [0.717, 1.165) is 20.0 Å². The summed E-state index contributed by atoms with van der Waals surface area (Å²) >= 11 is 11.3. The molecule has 0 bridgehead atoms. The maximum atomic E-state index is 5.89. The van der Waals surface area contributed by atoms with Gasteiger partial charge in [0, 0.05) is 15.5 Å². The fourth-order valence-electron chi connectivity index (χ4n) is 1.41. The lowest BCUT2D eigenvalue weighted by molar-refractivity contribution is 1.67. The van der Waals surface area contributed by atoms with Crippen LogP contribution < -0.4 is 0 Å². The molecule has 2 aromatic rings. The van der Waals surface area contributed by atoms with Crippen LogP contribution in [0.25, 0.3) is 17.2 Å². The monoisotopic (exact) mass is 296 g/mol. The van der Waals surface area contributed by atoms with Crippen molar-refractivity contribution in [1.29, 1.82) is 0 Å². The maximum absolute atomic E-state index is 5.89. The Bertz CT molecular complexity index is 602. The maximum Gasteiger partial charge on any atom is 0.110 e. The lowest BCUT2D eigenvalue weighted by atomic mass is 10.1. The molecule has 1 aromatic heterocycles. The van der Waals surface area contributed by atoms with Crippen LogP contribution in [0.2, 0.25) is 5.02 Å². The Morgan fingerprint density at radius 1 is 1.18 bits per heavy atom. The van der Waals surface area contributed by atoms with E-state index in [2.05, 4.69) is 6.58 Å². The van der Waals surface area contributed by atoms with Crippen molar-refractivity contribution in [1.82, 2.24) is 0 Å². The van der Waals surface area contributed by atoms with E-state index in [4.69, 9.17) is 23.8 Å². The van der Waals surface area contributed by atoms with Gasteiger partial charge in [0.2, 0.25) is 0 Å². The molecule has 0 N–H and O–H groups in total. The van der Waals surface area contributed by atoms with Crippen molar-refractivity contribution >= 4 is 50.6 Å². The number of hydrogen-bond acceptors (Lipinski definition) is 3. The average molecular weight is 297 g/mol. The van der Waals surface area contributed by atoms with Crippen molar-refractivity contribution in [2.24, 2.45) is 0 Å². The first-order chi connectivity index (χ1) is 8.22. The lowest BCUT2D eigenvalue weighted by Gasteiger charge is -1.99. The highest BCUT2D eigenvalue weighted by Gasteiger charge is 2.08. The Morgan fingerprint density at radius 2 is 1.88 bits per heavy atom. The number of hydrogen-bond donors (Lipinski definition) is 0. The van der Waals surface area contributed by atoms with E-state index < -0.39 is 0 Å². The minimum absolute atomic E-state index is 0.738. The zero-order valence-corrected chi connectivity index (χ0v) is 12.1. The smallest absolute Gasteiger partial charge is 0.0991 e. The van der Waals surface area contributed by atoms with Crippen LogP contribution in [0.15, 0.2) is 43.0 Å². The van der Waals surface area contributed by atoms with Crippen LogP contribution in [0.5, 0.6) is 0 Å². The van der Waals surface area contributed by atoms with Gasteiger partial charge in [0.05, 0.1) is 0 Å². The zero-order chi connectivity index (χ0) is 12.3. The van der Waals surface area contributed by atoms with Gasteiger partial charge in [-0.3, -0.25) is 0 Å². The molecule has 0 fully saturated rings. The molecular weight excluding hydrogens is 288 g/mol. The van der Waals surface area contributed by atoms with Crippen molar-refractivity contribution in [3.05, 3.63) is 56.7 Å². The van der Waals surface area contributed by atoms with E-state index in [0.29, 0.717) is 0 Å². The summed E-state index contributed by atoms with van der Waals surface area (Å²) in [5, 5.41) is 0.738. The normalized spacial score (nSPS) is 10.9. The Labute approximate surface area is 118 Å². The molecule has 0 saturated carbocycles. The third kappa shape index (κ3) is 2.93. The molecule has 0 aliphatic carbocycles. The Morgan fingerprint density at radius 3 is 2.53 bits per heavy atom. The topological polar surface area (TPSA) is 0 Å². The van der Waals surface area contributed by atoms with Gasteiger partial charge in [-0.1, -0.05) is 75.4 Å². The van der Waals surface area contributed by atoms with Gasteiger partial charge >= 0.3 is 0 Å². The average Bonchev–Trinajstić information content (AvgIpc) is 2.69. The van der Waals surface area contributed by atoms with E-state index in [-0.39, 0.29) is 0 Å². The van der Waals surface area contributed by atoms with E-state index >= 15 is 0 Å². The number of halogens is 1. The third-order valence-electron chi connectivity index (χ3n) is 2.17. The molecule has 0 saturated heterocycles. The first-order valence-electron chi connectivity index (χ1n) is 4.90. The fraction of sp³-hybridized carbons (Fsp3) is 0. The van der Waals surface area contributed by atoms with Crippen LogP contribution in [0.1, 0.15) is 4.88 Å². The summed E-state index contributed by atoms with van der Waals surface area (Å²) in [5.74, 6) is 0. The molecule has 0 aliphatic rings. The van der Waals surface area contributed by atoms with E-state index in [1.807, 2.05) is 36.4 Å². The molecule has 1 aromatic carbocycles. The number of allylic oxidation sites excluding steroid dienone is 2. The second-order valence-electron chi connectivity index (χ2n) is 3.30. The highest BCUT2D eigenvalue weighted by molar-refractivity contribution is 7.80. The summed E-state index contributed by atoms with van der Waals surface area (Å²) in [6, 6.07) is 7.76. The molecule has 0 nitrogen and oxygen atoms in total. The second kappa shape index (κ2) is 5.74. The summed E-state index contributed by atoms with van der Waals surface area (Å²) in [6.45, 7) is 3.67. The van der Waals surface area contributed by atoms with Gasteiger partial charge in [0.25, 0.3) is 0 Å². The molecule has 0 amide bonds. The molecule has 0 spiro atoms. The molecule has 1 heterocycles. The van der Waals surface area contributed by atoms with Gasteiger partial charge < -0.3 is 0 Å². The predicted molar refractivity (Wildman–Crippen MR) is 82.7 cm³/mol. The minimum Gasteiger partial charge on any atom is -0.0991 e. The van der Waals surface area contributed by atoms with E-state index in [1.165, 1.54) is 4.88 Å². The Hall–Kier alpha value is -0.740. The van der Waals surface area contributed by atoms with Gasteiger partial charge in [-0.15, -0.1) is 0 Å². The molecule has 0 atom stereocenters. The van der Waals surface area contributed by atoms with Gasteiger partial charge in [-0.2, -0.15) is 0 Å². The zero-order valence-electron chi connectivity index (χ0n) is 8.85. The van der Waals surface area contributed by atoms with Crippen LogP contribution in [0.4, 0.5) is 0 Å². The molecule has 0 unspecified atom stereocenters. The highest BCUT2D eigenvalue weighted by Crippen LogP contribution is 2.35. The first kappa shape index (κ1) is 12.7. The van der Waals surface area contributed by atoms with Crippen LogP contribution in [-0.4, -0.2) is 0 Å².